The molecule has 1 heterocycles. The zero-order valence-electron chi connectivity index (χ0n) is 10.9. The summed E-state index contributed by atoms with van der Waals surface area (Å²) in [5, 5.41) is 9.55. The molecule has 1 fully saturated rings. The second-order valence-corrected chi connectivity index (χ2v) is 5.31. The number of hydrogen-bond acceptors (Lipinski definition) is 3. The highest BCUT2D eigenvalue weighted by Crippen LogP contribution is 2.24. The first-order chi connectivity index (χ1) is 9.08. The maximum absolute atomic E-state index is 12.2. The molecule has 0 aliphatic carbocycles. The predicted molar refractivity (Wildman–Crippen MR) is 73.6 cm³/mol. The average molecular weight is 284 g/mol. The van der Waals surface area contributed by atoms with Gasteiger partial charge in [0.15, 0.2) is 0 Å². The molecular weight excluding hydrogens is 266 g/mol. The van der Waals surface area contributed by atoms with Crippen LogP contribution in [0.4, 0.5) is 0 Å². The van der Waals surface area contributed by atoms with Gasteiger partial charge in [-0.05, 0) is 37.0 Å². The van der Waals surface area contributed by atoms with Crippen LogP contribution in [-0.2, 0) is 4.74 Å². The maximum atomic E-state index is 12.2. The number of carbonyl (C=O) groups excluding carboxylic acids is 1. The molecule has 0 atom stereocenters. The fourth-order valence-corrected chi connectivity index (χ4v) is 2.44. The fraction of sp³-hybridized carbons (Fsp3) is 0.500. The third-order valence-electron chi connectivity index (χ3n) is 3.41. The van der Waals surface area contributed by atoms with Crippen LogP contribution in [0.2, 0.25) is 5.02 Å². The van der Waals surface area contributed by atoms with Crippen molar-refractivity contribution in [3.63, 3.8) is 0 Å². The molecule has 19 heavy (non-hydrogen) atoms. The third-order valence-corrected chi connectivity index (χ3v) is 3.72. The first-order valence-corrected chi connectivity index (χ1v) is 6.77. The molecule has 0 radical (unpaired) electrons. The van der Waals surface area contributed by atoms with Gasteiger partial charge in [0, 0.05) is 32.4 Å². The lowest BCUT2D eigenvalue weighted by atomic mass is 9.99. The lowest BCUT2D eigenvalue weighted by molar-refractivity contribution is 0.0497. The Labute approximate surface area is 117 Å². The van der Waals surface area contributed by atoms with Crippen molar-refractivity contribution in [3.8, 4) is 5.75 Å². The number of phenolic OH excluding ortho intramolecular Hbond substituents is 1. The minimum atomic E-state index is -0.0756. The first kappa shape index (κ1) is 14.2. The summed E-state index contributed by atoms with van der Waals surface area (Å²) in [5.41, 5.74) is 0.498. The number of ether oxygens (including phenoxy) is 1. The van der Waals surface area contributed by atoms with E-state index < -0.39 is 0 Å². The van der Waals surface area contributed by atoms with E-state index in [4.69, 9.17) is 16.3 Å². The minimum absolute atomic E-state index is 0.00898. The summed E-state index contributed by atoms with van der Waals surface area (Å²) in [6.07, 6.45) is 1.99. The van der Waals surface area contributed by atoms with Crippen LogP contribution in [0, 0.1) is 5.92 Å². The normalized spacial score (nSPS) is 16.3. The molecule has 1 amide bonds. The second kappa shape index (κ2) is 6.26. The predicted octanol–water partition coefficient (Wildman–Crippen LogP) is 2.54. The fourth-order valence-electron chi connectivity index (χ4n) is 2.26. The smallest absolute Gasteiger partial charge is 0.253 e. The van der Waals surface area contributed by atoms with Crippen LogP contribution in [0.1, 0.15) is 23.2 Å². The number of nitrogens with zero attached hydrogens (tertiary/aromatic N) is 1. The lowest BCUT2D eigenvalue weighted by Crippen LogP contribution is -2.34. The highest BCUT2D eigenvalue weighted by atomic mass is 35.5. The zero-order valence-corrected chi connectivity index (χ0v) is 11.7. The van der Waals surface area contributed by atoms with Crippen molar-refractivity contribution in [1.82, 2.24) is 4.90 Å². The number of rotatable bonds is 3. The van der Waals surface area contributed by atoms with Gasteiger partial charge in [0.2, 0.25) is 0 Å². The summed E-state index contributed by atoms with van der Waals surface area (Å²) in [7, 11) is 1.79. The highest BCUT2D eigenvalue weighted by molar-refractivity contribution is 6.32. The average Bonchev–Trinajstić information content (AvgIpc) is 2.42. The molecule has 0 spiro atoms. The van der Waals surface area contributed by atoms with Crippen molar-refractivity contribution in [2.24, 2.45) is 5.92 Å². The Morgan fingerprint density at radius 1 is 1.47 bits per heavy atom. The van der Waals surface area contributed by atoms with Gasteiger partial charge in [0.05, 0.1) is 5.02 Å². The Bertz CT molecular complexity index is 458. The molecule has 1 saturated heterocycles. The maximum Gasteiger partial charge on any atom is 0.253 e. The van der Waals surface area contributed by atoms with Crippen LogP contribution < -0.4 is 0 Å². The molecule has 1 aliphatic rings. The summed E-state index contributed by atoms with van der Waals surface area (Å²) < 4.78 is 5.31. The van der Waals surface area contributed by atoms with Crippen LogP contribution in [0.15, 0.2) is 18.2 Å². The standard InChI is InChI=1S/C14H18ClNO3/c1-16(9-10-4-6-19-7-5-10)14(18)11-2-3-13(17)12(15)8-11/h2-3,8,10,17H,4-7,9H2,1H3. The van der Waals surface area contributed by atoms with Gasteiger partial charge < -0.3 is 14.7 Å². The second-order valence-electron chi connectivity index (χ2n) is 4.91. The Balaban J connectivity index is 1.99. The monoisotopic (exact) mass is 283 g/mol. The van der Waals surface area contributed by atoms with Gasteiger partial charge in [-0.25, -0.2) is 0 Å². The first-order valence-electron chi connectivity index (χ1n) is 6.39. The SMILES string of the molecule is CN(CC1CCOCC1)C(=O)c1ccc(O)c(Cl)c1. The molecule has 0 unspecified atom stereocenters. The van der Waals surface area contributed by atoms with Gasteiger partial charge >= 0.3 is 0 Å². The molecule has 2 rings (SSSR count). The van der Waals surface area contributed by atoms with Gasteiger partial charge in [0.25, 0.3) is 5.91 Å². The van der Waals surface area contributed by atoms with E-state index in [1.165, 1.54) is 12.1 Å². The van der Waals surface area contributed by atoms with E-state index in [1.807, 2.05) is 0 Å². The van der Waals surface area contributed by atoms with Crippen molar-refractivity contribution < 1.29 is 14.6 Å². The molecule has 1 aliphatic heterocycles. The van der Waals surface area contributed by atoms with Crippen LogP contribution >= 0.6 is 11.6 Å². The van der Waals surface area contributed by atoms with Crippen LogP contribution in [0.25, 0.3) is 0 Å². The van der Waals surface area contributed by atoms with Crippen LogP contribution in [-0.4, -0.2) is 42.7 Å². The lowest BCUT2D eigenvalue weighted by Gasteiger charge is -2.27. The molecular formula is C14H18ClNO3. The van der Waals surface area contributed by atoms with Gasteiger partial charge in [-0.2, -0.15) is 0 Å². The Kier molecular flexibility index (Phi) is 4.66. The molecule has 5 heteroatoms. The van der Waals surface area contributed by atoms with E-state index in [0.717, 1.165) is 32.6 Å². The molecule has 104 valence electrons. The number of hydrogen-bond donors (Lipinski definition) is 1. The third kappa shape index (κ3) is 3.61. The van der Waals surface area contributed by atoms with E-state index in [-0.39, 0.29) is 16.7 Å². The summed E-state index contributed by atoms with van der Waals surface area (Å²) in [5.74, 6) is 0.411. The molecule has 4 nitrogen and oxygen atoms in total. The number of halogens is 1. The molecule has 0 bridgehead atoms. The van der Waals surface area contributed by atoms with Crippen molar-refractivity contribution >= 4 is 17.5 Å². The number of phenols is 1. The van der Waals surface area contributed by atoms with Crippen molar-refractivity contribution in [1.29, 1.82) is 0 Å². The molecule has 1 N–H and O–H groups in total. The van der Waals surface area contributed by atoms with E-state index in [0.29, 0.717) is 11.5 Å². The quantitative estimate of drug-likeness (QED) is 0.927. The van der Waals surface area contributed by atoms with Gasteiger partial charge in [-0.1, -0.05) is 11.6 Å². The summed E-state index contributed by atoms with van der Waals surface area (Å²) >= 11 is 5.82. The topological polar surface area (TPSA) is 49.8 Å². The van der Waals surface area contributed by atoms with Gasteiger partial charge in [-0.15, -0.1) is 0 Å². The van der Waals surface area contributed by atoms with E-state index in [9.17, 15) is 9.90 Å². The zero-order chi connectivity index (χ0) is 13.8. The molecule has 0 saturated carbocycles. The van der Waals surface area contributed by atoms with Crippen molar-refractivity contribution in [3.05, 3.63) is 28.8 Å². The molecule has 0 aromatic heterocycles. The minimum Gasteiger partial charge on any atom is -0.506 e. The molecule has 1 aromatic carbocycles. The highest BCUT2D eigenvalue weighted by Gasteiger charge is 2.19. The Hall–Kier alpha value is -1.26. The largest absolute Gasteiger partial charge is 0.506 e. The molecule has 1 aromatic rings. The van der Waals surface area contributed by atoms with E-state index >= 15 is 0 Å². The number of benzene rings is 1. The summed E-state index contributed by atoms with van der Waals surface area (Å²) in [4.78, 5) is 13.9. The summed E-state index contributed by atoms with van der Waals surface area (Å²) in [6, 6.07) is 4.53. The van der Waals surface area contributed by atoms with Gasteiger partial charge in [-0.3, -0.25) is 4.79 Å². The van der Waals surface area contributed by atoms with Crippen LogP contribution in [0.3, 0.4) is 0 Å². The van der Waals surface area contributed by atoms with Crippen LogP contribution in [0.5, 0.6) is 5.75 Å². The van der Waals surface area contributed by atoms with Gasteiger partial charge in [0.1, 0.15) is 5.75 Å². The number of carbonyl (C=O) groups is 1. The van der Waals surface area contributed by atoms with E-state index in [1.54, 1.807) is 18.0 Å². The summed E-state index contributed by atoms with van der Waals surface area (Å²) in [6.45, 7) is 2.27. The van der Waals surface area contributed by atoms with E-state index in [2.05, 4.69) is 0 Å². The van der Waals surface area contributed by atoms with Crippen molar-refractivity contribution in [2.45, 2.75) is 12.8 Å². The van der Waals surface area contributed by atoms with Crippen molar-refractivity contribution in [2.75, 3.05) is 26.8 Å². The number of aromatic hydroxyl groups is 1. The Morgan fingerprint density at radius 3 is 2.79 bits per heavy atom. The number of amides is 1. The Morgan fingerprint density at radius 2 is 2.16 bits per heavy atom.